The molecule has 2 aliphatic rings. The predicted molar refractivity (Wildman–Crippen MR) is 105 cm³/mol. The number of hydrogen-bond donors (Lipinski definition) is 1. The van der Waals surface area contributed by atoms with Gasteiger partial charge in [-0.15, -0.1) is 0 Å². The summed E-state index contributed by atoms with van der Waals surface area (Å²) in [5.41, 5.74) is 1.34. The normalized spacial score (nSPS) is 22.4. The van der Waals surface area contributed by atoms with Gasteiger partial charge in [0.15, 0.2) is 0 Å². The van der Waals surface area contributed by atoms with Gasteiger partial charge in [-0.05, 0) is 44.0 Å². The second-order valence-electron chi connectivity index (χ2n) is 7.29. The van der Waals surface area contributed by atoms with E-state index in [1.165, 1.54) is 0 Å². The van der Waals surface area contributed by atoms with E-state index in [0.717, 1.165) is 24.3 Å². The number of carboxylic acids is 1. The number of carbonyl (C=O) groups is 2. The molecule has 32 heavy (non-hydrogen) atoms. The highest BCUT2D eigenvalue weighted by molar-refractivity contribution is 5.92. The molecule has 0 aromatic carbocycles. The Hall–Kier alpha value is -3.21. The van der Waals surface area contributed by atoms with Crippen molar-refractivity contribution < 1.29 is 37.3 Å². The topological polar surface area (TPSA) is 102 Å². The highest BCUT2D eigenvalue weighted by Crippen LogP contribution is 2.33. The smallest absolute Gasteiger partial charge is 0.486 e. The number of aliphatic carboxylic acids is 1. The van der Waals surface area contributed by atoms with Crippen LogP contribution in [0.15, 0.2) is 42.7 Å². The number of rotatable bonds is 3. The number of nitrogens with zero attached hydrogens (tertiary/aromatic N) is 3. The first-order chi connectivity index (χ1) is 15.2. The molecule has 0 unspecified atom stereocenters. The lowest BCUT2D eigenvalue weighted by atomic mass is 10.1. The zero-order chi connectivity index (χ0) is 23.3. The predicted octanol–water partition coefficient (Wildman–Crippen LogP) is 2.87. The molecular formula is C21H22F3N3O5. The molecule has 1 amide bonds. The van der Waals surface area contributed by atoms with Gasteiger partial charge < -0.3 is 19.5 Å². The molecule has 0 bridgehead atoms. The molecular weight excluding hydrogens is 431 g/mol. The Labute approximate surface area is 182 Å². The third kappa shape index (κ3) is 5.72. The fraction of sp³-hybridized carbons (Fsp3) is 0.429. The Morgan fingerprint density at radius 3 is 2.59 bits per heavy atom. The molecule has 1 aliphatic carbocycles. The van der Waals surface area contributed by atoms with Gasteiger partial charge in [0.1, 0.15) is 23.7 Å². The first-order valence-electron chi connectivity index (χ1n) is 9.90. The molecule has 2 aromatic heterocycles. The van der Waals surface area contributed by atoms with E-state index >= 15 is 0 Å². The number of ether oxygens (including phenoxy) is 2. The molecule has 2 aromatic rings. The number of fused-ring (bicyclic) bond motifs is 1. The quantitative estimate of drug-likeness (QED) is 0.763. The van der Waals surface area contributed by atoms with Crippen LogP contribution in [-0.4, -0.2) is 69.4 Å². The van der Waals surface area contributed by atoms with Crippen molar-refractivity contribution in [2.45, 2.75) is 44.2 Å². The van der Waals surface area contributed by atoms with Crippen LogP contribution < -0.4 is 4.74 Å². The van der Waals surface area contributed by atoms with Gasteiger partial charge in [0, 0.05) is 18.4 Å². The summed E-state index contributed by atoms with van der Waals surface area (Å²) in [6.07, 6.45) is -0.104. The molecule has 3 heterocycles. The van der Waals surface area contributed by atoms with Crippen molar-refractivity contribution >= 4 is 11.9 Å². The van der Waals surface area contributed by atoms with E-state index in [4.69, 9.17) is 19.4 Å². The van der Waals surface area contributed by atoms with Gasteiger partial charge >= 0.3 is 12.1 Å². The number of carbonyl (C=O) groups excluding carboxylic acids is 1. The van der Waals surface area contributed by atoms with Crippen LogP contribution in [0.2, 0.25) is 0 Å². The fourth-order valence-corrected chi connectivity index (χ4v) is 3.69. The molecule has 3 atom stereocenters. The van der Waals surface area contributed by atoms with Crippen molar-refractivity contribution in [3.8, 4) is 5.75 Å². The number of alkyl halides is 3. The summed E-state index contributed by atoms with van der Waals surface area (Å²) in [6, 6.07) is 9.32. The SMILES string of the molecule is Cc1cccc(C(=O)N2CCO[C@H]3[C@H](Oc4cccnc4)CC[C@@H]32)n1.O=C(O)C(F)(F)F. The third-order valence-electron chi connectivity index (χ3n) is 5.07. The van der Waals surface area contributed by atoms with Gasteiger partial charge in [0.2, 0.25) is 0 Å². The second kappa shape index (κ2) is 9.94. The monoisotopic (exact) mass is 453 g/mol. The molecule has 172 valence electrons. The van der Waals surface area contributed by atoms with Crippen molar-refractivity contribution in [1.29, 1.82) is 0 Å². The van der Waals surface area contributed by atoms with Gasteiger partial charge in [0.25, 0.3) is 5.91 Å². The van der Waals surface area contributed by atoms with Crippen LogP contribution in [0.1, 0.15) is 29.0 Å². The van der Waals surface area contributed by atoms with Crippen molar-refractivity contribution in [2.75, 3.05) is 13.2 Å². The van der Waals surface area contributed by atoms with E-state index in [1.54, 1.807) is 18.5 Å². The number of aryl methyl sites for hydroxylation is 1. The summed E-state index contributed by atoms with van der Waals surface area (Å²) in [7, 11) is 0. The van der Waals surface area contributed by atoms with Crippen LogP contribution in [0.25, 0.3) is 0 Å². The van der Waals surface area contributed by atoms with E-state index in [1.807, 2.05) is 36.1 Å². The summed E-state index contributed by atoms with van der Waals surface area (Å²) < 4.78 is 43.8. The lowest BCUT2D eigenvalue weighted by molar-refractivity contribution is -0.192. The molecule has 1 N–H and O–H groups in total. The van der Waals surface area contributed by atoms with Crippen molar-refractivity contribution in [3.63, 3.8) is 0 Å². The molecule has 1 saturated heterocycles. The number of aromatic nitrogens is 2. The fourth-order valence-electron chi connectivity index (χ4n) is 3.69. The van der Waals surface area contributed by atoms with Gasteiger partial charge in [-0.3, -0.25) is 9.78 Å². The van der Waals surface area contributed by atoms with E-state index in [2.05, 4.69) is 9.97 Å². The van der Waals surface area contributed by atoms with Crippen molar-refractivity contribution in [3.05, 3.63) is 54.1 Å². The molecule has 1 saturated carbocycles. The first kappa shape index (κ1) is 23.5. The Bertz CT molecular complexity index is 942. The highest BCUT2D eigenvalue weighted by Gasteiger charge is 2.46. The molecule has 2 fully saturated rings. The molecule has 11 heteroatoms. The average Bonchev–Trinajstić information content (AvgIpc) is 3.16. The molecule has 4 rings (SSSR count). The number of amides is 1. The largest absolute Gasteiger partial charge is 0.490 e. The zero-order valence-electron chi connectivity index (χ0n) is 17.2. The summed E-state index contributed by atoms with van der Waals surface area (Å²) in [5, 5.41) is 7.12. The number of morpholine rings is 1. The summed E-state index contributed by atoms with van der Waals surface area (Å²) in [5.74, 6) is -2.04. The maximum atomic E-state index is 12.9. The van der Waals surface area contributed by atoms with Gasteiger partial charge in [-0.25, -0.2) is 9.78 Å². The molecule has 0 radical (unpaired) electrons. The Balaban J connectivity index is 0.000000360. The van der Waals surface area contributed by atoms with Gasteiger partial charge in [0.05, 0.1) is 18.8 Å². The minimum atomic E-state index is -5.08. The lowest BCUT2D eigenvalue weighted by Gasteiger charge is -2.38. The number of halogens is 3. The maximum absolute atomic E-state index is 12.9. The molecule has 1 aliphatic heterocycles. The lowest BCUT2D eigenvalue weighted by Crippen LogP contribution is -2.54. The van der Waals surface area contributed by atoms with E-state index in [9.17, 15) is 18.0 Å². The average molecular weight is 453 g/mol. The summed E-state index contributed by atoms with van der Waals surface area (Å²) in [4.78, 5) is 32.2. The van der Waals surface area contributed by atoms with Gasteiger partial charge in [-0.2, -0.15) is 13.2 Å². The summed E-state index contributed by atoms with van der Waals surface area (Å²) >= 11 is 0. The van der Waals surface area contributed by atoms with Crippen LogP contribution in [0.3, 0.4) is 0 Å². The third-order valence-corrected chi connectivity index (χ3v) is 5.07. The Morgan fingerprint density at radius 1 is 1.22 bits per heavy atom. The summed E-state index contributed by atoms with van der Waals surface area (Å²) in [6.45, 7) is 3.01. The number of hydrogen-bond acceptors (Lipinski definition) is 6. The van der Waals surface area contributed by atoms with Crippen molar-refractivity contribution in [1.82, 2.24) is 14.9 Å². The highest BCUT2D eigenvalue weighted by atomic mass is 19.4. The Morgan fingerprint density at radius 2 is 1.97 bits per heavy atom. The van der Waals surface area contributed by atoms with Crippen LogP contribution in [0.4, 0.5) is 13.2 Å². The number of pyridine rings is 2. The van der Waals surface area contributed by atoms with Crippen LogP contribution in [0, 0.1) is 6.92 Å². The Kier molecular flexibility index (Phi) is 7.29. The maximum Gasteiger partial charge on any atom is 0.490 e. The first-order valence-corrected chi connectivity index (χ1v) is 9.90. The molecule has 0 spiro atoms. The number of carboxylic acid groups (broad SMARTS) is 1. The van der Waals surface area contributed by atoms with Crippen LogP contribution in [0.5, 0.6) is 5.75 Å². The van der Waals surface area contributed by atoms with E-state index in [0.29, 0.717) is 18.8 Å². The minimum Gasteiger partial charge on any atom is -0.486 e. The van der Waals surface area contributed by atoms with Crippen molar-refractivity contribution in [2.24, 2.45) is 0 Å². The van der Waals surface area contributed by atoms with E-state index in [-0.39, 0.29) is 24.2 Å². The standard InChI is InChI=1S/C19H21N3O3.C2HF3O2/c1-13-4-2-6-15(21-13)19(23)22-10-11-24-18-16(22)7-8-17(18)25-14-5-3-9-20-12-14;3-2(4,5)1(6)7/h2-6,9,12,16-18H,7-8,10-11H2,1H3;(H,6,7)/t16-,17+,18+;/m0./s1. The van der Waals surface area contributed by atoms with Crippen LogP contribution >= 0.6 is 0 Å². The minimum absolute atomic E-state index is 0.0240. The van der Waals surface area contributed by atoms with Gasteiger partial charge in [-0.1, -0.05) is 6.07 Å². The van der Waals surface area contributed by atoms with E-state index < -0.39 is 12.1 Å². The second-order valence-corrected chi connectivity index (χ2v) is 7.29. The zero-order valence-corrected chi connectivity index (χ0v) is 17.2. The molecule has 8 nitrogen and oxygen atoms in total. The van der Waals surface area contributed by atoms with Crippen LogP contribution in [-0.2, 0) is 9.53 Å².